The molecule has 5 nitrogen and oxygen atoms in total. The smallest absolute Gasteiger partial charge is 0.246 e. The van der Waals surface area contributed by atoms with Gasteiger partial charge in [0.1, 0.15) is 10.6 Å². The van der Waals surface area contributed by atoms with Crippen molar-refractivity contribution in [1.82, 2.24) is 4.31 Å². The predicted molar refractivity (Wildman–Crippen MR) is 86.8 cm³/mol. The third-order valence-corrected chi connectivity index (χ3v) is 6.77. The molecule has 1 heterocycles. The Hall–Kier alpha value is -0.790. The Morgan fingerprint density at radius 2 is 2.00 bits per heavy atom. The molecule has 1 fully saturated rings. The molecule has 0 amide bonds. The highest BCUT2D eigenvalue weighted by Crippen LogP contribution is 2.35. The molecule has 1 saturated heterocycles. The van der Waals surface area contributed by atoms with E-state index in [1.165, 1.54) is 17.5 Å². The van der Waals surface area contributed by atoms with Crippen molar-refractivity contribution in [2.45, 2.75) is 25.2 Å². The molecule has 21 heavy (non-hydrogen) atoms. The molecule has 1 aromatic rings. The zero-order chi connectivity index (χ0) is 15.8. The summed E-state index contributed by atoms with van der Waals surface area (Å²) in [5.41, 5.74) is 6.22. The highest BCUT2D eigenvalue weighted by Gasteiger charge is 2.33. The minimum absolute atomic E-state index is 0.132. The van der Waals surface area contributed by atoms with Crippen LogP contribution in [0.25, 0.3) is 0 Å². The van der Waals surface area contributed by atoms with Gasteiger partial charge in [-0.1, -0.05) is 13.8 Å². The van der Waals surface area contributed by atoms with Crippen LogP contribution in [0.1, 0.15) is 20.3 Å². The molecule has 0 spiro atoms. The molecule has 2 unspecified atom stereocenters. The van der Waals surface area contributed by atoms with E-state index in [9.17, 15) is 8.42 Å². The van der Waals surface area contributed by atoms with Gasteiger partial charge in [0.2, 0.25) is 10.0 Å². The van der Waals surface area contributed by atoms with E-state index < -0.39 is 10.0 Å². The van der Waals surface area contributed by atoms with E-state index >= 15 is 0 Å². The highest BCUT2D eigenvalue weighted by atomic mass is 79.9. The van der Waals surface area contributed by atoms with E-state index in [4.69, 9.17) is 10.5 Å². The van der Waals surface area contributed by atoms with Crippen LogP contribution >= 0.6 is 15.9 Å². The molecular weight excluding hydrogens is 356 g/mol. The molecule has 0 bridgehead atoms. The average molecular weight is 377 g/mol. The van der Waals surface area contributed by atoms with Crippen LogP contribution in [0.3, 0.4) is 0 Å². The van der Waals surface area contributed by atoms with Crippen molar-refractivity contribution in [1.29, 1.82) is 0 Å². The van der Waals surface area contributed by atoms with E-state index in [0.29, 0.717) is 40.8 Å². The summed E-state index contributed by atoms with van der Waals surface area (Å²) in [5, 5.41) is 0. The number of nitrogens with zero attached hydrogens (tertiary/aromatic N) is 1. The van der Waals surface area contributed by atoms with E-state index in [1.54, 1.807) is 6.07 Å². The fourth-order valence-corrected chi connectivity index (χ4v) is 4.54. The Bertz CT molecular complexity index is 633. The Balaban J connectivity index is 2.42. The zero-order valence-corrected chi connectivity index (χ0v) is 14.9. The maximum absolute atomic E-state index is 12.9. The summed E-state index contributed by atoms with van der Waals surface area (Å²) in [7, 11) is -2.14. The first-order valence-electron chi connectivity index (χ1n) is 6.90. The molecule has 1 aromatic carbocycles. The van der Waals surface area contributed by atoms with E-state index in [2.05, 4.69) is 29.8 Å². The fraction of sp³-hybridized carbons (Fsp3) is 0.571. The predicted octanol–water partition coefficient (Wildman–Crippen LogP) is 2.71. The number of methoxy groups -OCH3 is 1. The zero-order valence-electron chi connectivity index (χ0n) is 12.5. The fourth-order valence-electron chi connectivity index (χ4n) is 2.49. The summed E-state index contributed by atoms with van der Waals surface area (Å²) in [6, 6.07) is 3.05. The molecule has 0 radical (unpaired) electrons. The van der Waals surface area contributed by atoms with Gasteiger partial charge in [0.15, 0.2) is 0 Å². The summed E-state index contributed by atoms with van der Waals surface area (Å²) < 4.78 is 33.1. The van der Waals surface area contributed by atoms with Crippen LogP contribution in [0.4, 0.5) is 5.69 Å². The molecule has 7 heteroatoms. The summed E-state index contributed by atoms with van der Waals surface area (Å²) in [4.78, 5) is 0.132. The number of anilines is 1. The topological polar surface area (TPSA) is 72.6 Å². The molecule has 118 valence electrons. The van der Waals surface area contributed by atoms with Crippen molar-refractivity contribution in [3.8, 4) is 5.75 Å². The standard InChI is InChI=1S/C14H21BrN2O3S/c1-9-4-5-17(8-10(9)2)21(18,19)14-7-12(16)11(15)6-13(14)20-3/h6-7,9-10H,4-5,8,16H2,1-3H3. The normalized spacial score (nSPS) is 24.0. The lowest BCUT2D eigenvalue weighted by atomic mass is 9.90. The second kappa shape index (κ2) is 6.14. The number of hydrogen-bond acceptors (Lipinski definition) is 4. The molecule has 1 aliphatic rings. The highest BCUT2D eigenvalue weighted by molar-refractivity contribution is 9.10. The number of hydrogen-bond donors (Lipinski definition) is 1. The molecule has 0 aliphatic carbocycles. The molecule has 2 rings (SSSR count). The van der Waals surface area contributed by atoms with E-state index in [1.807, 2.05) is 0 Å². The van der Waals surface area contributed by atoms with Crippen LogP contribution in [0.15, 0.2) is 21.5 Å². The first kappa shape index (κ1) is 16.6. The minimum atomic E-state index is -3.59. The summed E-state index contributed by atoms with van der Waals surface area (Å²) in [6.45, 7) is 5.31. The number of rotatable bonds is 3. The molecular formula is C14H21BrN2O3S. The van der Waals surface area contributed by atoms with Crippen LogP contribution in [0.2, 0.25) is 0 Å². The quantitative estimate of drug-likeness (QED) is 0.823. The Labute approximate surface area is 134 Å². The van der Waals surface area contributed by atoms with Crippen LogP contribution < -0.4 is 10.5 Å². The lowest BCUT2D eigenvalue weighted by molar-refractivity contribution is 0.212. The van der Waals surface area contributed by atoms with Gasteiger partial charge in [0.05, 0.1) is 7.11 Å². The van der Waals surface area contributed by atoms with Gasteiger partial charge in [-0.25, -0.2) is 8.42 Å². The van der Waals surface area contributed by atoms with E-state index in [0.717, 1.165) is 6.42 Å². The molecule has 1 aliphatic heterocycles. The van der Waals surface area contributed by atoms with Crippen LogP contribution in [0, 0.1) is 11.8 Å². The van der Waals surface area contributed by atoms with Crippen LogP contribution in [0.5, 0.6) is 5.75 Å². The Kier molecular flexibility index (Phi) is 4.85. The third-order valence-electron chi connectivity index (χ3n) is 4.20. The van der Waals surface area contributed by atoms with Crippen LogP contribution in [-0.4, -0.2) is 32.9 Å². The molecule has 0 saturated carbocycles. The second-order valence-electron chi connectivity index (χ2n) is 5.63. The monoisotopic (exact) mass is 376 g/mol. The Morgan fingerprint density at radius 3 is 2.57 bits per heavy atom. The molecule has 2 atom stereocenters. The minimum Gasteiger partial charge on any atom is -0.495 e. The van der Waals surface area contributed by atoms with Gasteiger partial charge in [-0.2, -0.15) is 4.31 Å². The largest absolute Gasteiger partial charge is 0.495 e. The third kappa shape index (κ3) is 3.19. The van der Waals surface area contributed by atoms with Crippen molar-refractivity contribution < 1.29 is 13.2 Å². The van der Waals surface area contributed by atoms with Gasteiger partial charge in [-0.3, -0.25) is 0 Å². The maximum atomic E-state index is 12.9. The number of piperidine rings is 1. The van der Waals surface area contributed by atoms with E-state index in [-0.39, 0.29) is 4.90 Å². The number of nitrogens with two attached hydrogens (primary N) is 1. The summed E-state index contributed by atoms with van der Waals surface area (Å²) >= 11 is 3.29. The maximum Gasteiger partial charge on any atom is 0.246 e. The van der Waals surface area contributed by atoms with Gasteiger partial charge >= 0.3 is 0 Å². The van der Waals surface area contributed by atoms with Crippen molar-refractivity contribution in [3.63, 3.8) is 0 Å². The SMILES string of the molecule is COc1cc(Br)c(N)cc1S(=O)(=O)N1CCC(C)C(C)C1. The lowest BCUT2D eigenvalue weighted by Crippen LogP contribution is -2.42. The van der Waals surface area contributed by atoms with Gasteiger partial charge in [0, 0.05) is 23.2 Å². The molecule has 2 N–H and O–H groups in total. The number of benzene rings is 1. The summed E-state index contributed by atoms with van der Waals surface area (Å²) in [5.74, 6) is 1.18. The number of halogens is 1. The second-order valence-corrected chi connectivity index (χ2v) is 8.39. The molecule has 0 aromatic heterocycles. The van der Waals surface area contributed by atoms with Gasteiger partial charge in [-0.15, -0.1) is 0 Å². The van der Waals surface area contributed by atoms with Gasteiger partial charge < -0.3 is 10.5 Å². The number of sulfonamides is 1. The first-order valence-corrected chi connectivity index (χ1v) is 9.13. The number of nitrogen functional groups attached to an aromatic ring is 1. The Morgan fingerprint density at radius 1 is 1.33 bits per heavy atom. The van der Waals surface area contributed by atoms with Crippen molar-refractivity contribution in [3.05, 3.63) is 16.6 Å². The van der Waals surface area contributed by atoms with Crippen molar-refractivity contribution in [2.75, 3.05) is 25.9 Å². The summed E-state index contributed by atoms with van der Waals surface area (Å²) in [6.07, 6.45) is 0.870. The van der Waals surface area contributed by atoms with Gasteiger partial charge in [-0.05, 0) is 46.3 Å². The van der Waals surface area contributed by atoms with Crippen LogP contribution in [-0.2, 0) is 10.0 Å². The first-order chi connectivity index (χ1) is 9.77. The number of ether oxygens (including phenoxy) is 1. The average Bonchev–Trinajstić information content (AvgIpc) is 2.44. The lowest BCUT2D eigenvalue weighted by Gasteiger charge is -2.34. The van der Waals surface area contributed by atoms with Crippen molar-refractivity contribution >= 4 is 31.6 Å². The van der Waals surface area contributed by atoms with Crippen molar-refractivity contribution in [2.24, 2.45) is 11.8 Å². The van der Waals surface area contributed by atoms with Gasteiger partial charge in [0.25, 0.3) is 0 Å².